The van der Waals surface area contributed by atoms with E-state index in [1.165, 1.54) is 0 Å². The summed E-state index contributed by atoms with van der Waals surface area (Å²) in [5.74, 6) is -1.04. The molecule has 118 valence electrons. The summed E-state index contributed by atoms with van der Waals surface area (Å²) in [7, 11) is 0. The van der Waals surface area contributed by atoms with Crippen LogP contribution in [0.25, 0.3) is 0 Å². The molecule has 1 aromatic rings. The van der Waals surface area contributed by atoms with Gasteiger partial charge in [0.15, 0.2) is 5.41 Å². The standard InChI is InChI=1S/C18H22O4/c1-4-13-11-14-9-7-8-10-15(14)18(12-13,16(19)21-5-2)17(20)22-6-3/h4,7-10,13H,1,5-6,11-12H2,2-3H3. The van der Waals surface area contributed by atoms with Crippen molar-refractivity contribution in [2.75, 3.05) is 13.2 Å². The molecule has 2 rings (SSSR count). The number of hydrogen-bond acceptors (Lipinski definition) is 4. The predicted molar refractivity (Wildman–Crippen MR) is 83.4 cm³/mol. The van der Waals surface area contributed by atoms with Crippen LogP contribution in [0.4, 0.5) is 0 Å². The van der Waals surface area contributed by atoms with E-state index in [1.54, 1.807) is 19.9 Å². The van der Waals surface area contributed by atoms with Crippen molar-refractivity contribution in [2.45, 2.75) is 32.1 Å². The quantitative estimate of drug-likeness (QED) is 0.477. The fraction of sp³-hybridized carbons (Fsp3) is 0.444. The topological polar surface area (TPSA) is 52.6 Å². The van der Waals surface area contributed by atoms with Crippen LogP contribution in [0.2, 0.25) is 0 Å². The smallest absolute Gasteiger partial charge is 0.328 e. The second-order valence-electron chi connectivity index (χ2n) is 5.41. The number of ether oxygens (including phenoxy) is 2. The maximum atomic E-state index is 12.7. The minimum absolute atomic E-state index is 0.0312. The molecule has 1 atom stereocenters. The molecule has 0 saturated heterocycles. The summed E-state index contributed by atoms with van der Waals surface area (Å²) in [6, 6.07) is 7.51. The molecule has 1 unspecified atom stereocenters. The first-order chi connectivity index (χ1) is 10.6. The van der Waals surface area contributed by atoms with E-state index in [9.17, 15) is 9.59 Å². The van der Waals surface area contributed by atoms with E-state index in [2.05, 4.69) is 6.58 Å². The van der Waals surface area contributed by atoms with Gasteiger partial charge in [-0.15, -0.1) is 6.58 Å². The molecule has 0 amide bonds. The van der Waals surface area contributed by atoms with E-state index < -0.39 is 17.4 Å². The molecule has 0 fully saturated rings. The van der Waals surface area contributed by atoms with Crippen LogP contribution >= 0.6 is 0 Å². The lowest BCUT2D eigenvalue weighted by molar-refractivity contribution is -0.166. The summed E-state index contributed by atoms with van der Waals surface area (Å²) < 4.78 is 10.5. The molecule has 1 aliphatic carbocycles. The van der Waals surface area contributed by atoms with Crippen LogP contribution in [-0.2, 0) is 30.9 Å². The molecule has 0 spiro atoms. The monoisotopic (exact) mass is 302 g/mol. The van der Waals surface area contributed by atoms with Crippen molar-refractivity contribution in [3.8, 4) is 0 Å². The van der Waals surface area contributed by atoms with Crippen LogP contribution in [0.1, 0.15) is 31.4 Å². The summed E-state index contributed by atoms with van der Waals surface area (Å²) in [6.45, 7) is 7.74. The third kappa shape index (κ3) is 2.65. The Balaban J connectivity index is 2.62. The van der Waals surface area contributed by atoms with E-state index in [-0.39, 0.29) is 19.1 Å². The summed E-state index contributed by atoms with van der Waals surface area (Å²) in [5.41, 5.74) is 0.282. The fourth-order valence-corrected chi connectivity index (χ4v) is 3.12. The number of fused-ring (bicyclic) bond motifs is 1. The van der Waals surface area contributed by atoms with Crippen LogP contribution in [0.5, 0.6) is 0 Å². The van der Waals surface area contributed by atoms with E-state index in [0.717, 1.165) is 12.0 Å². The molecule has 1 aliphatic rings. The SMILES string of the molecule is C=CC1Cc2ccccc2C(C(=O)OCC)(C(=O)OCC)C1. The zero-order chi connectivity index (χ0) is 16.2. The van der Waals surface area contributed by atoms with Crippen LogP contribution in [-0.4, -0.2) is 25.2 Å². The first-order valence-corrected chi connectivity index (χ1v) is 7.65. The molecule has 0 heterocycles. The minimum atomic E-state index is -1.39. The van der Waals surface area contributed by atoms with Crippen molar-refractivity contribution in [1.82, 2.24) is 0 Å². The van der Waals surface area contributed by atoms with E-state index in [1.807, 2.05) is 24.3 Å². The highest BCUT2D eigenvalue weighted by Gasteiger charge is 2.54. The average Bonchev–Trinajstić information content (AvgIpc) is 2.54. The second-order valence-corrected chi connectivity index (χ2v) is 5.41. The molecule has 1 aromatic carbocycles. The van der Waals surface area contributed by atoms with Gasteiger partial charge in [0.2, 0.25) is 0 Å². The van der Waals surface area contributed by atoms with Crippen molar-refractivity contribution in [3.05, 3.63) is 48.0 Å². The van der Waals surface area contributed by atoms with Gasteiger partial charge in [-0.3, -0.25) is 9.59 Å². The van der Waals surface area contributed by atoms with Gasteiger partial charge in [-0.1, -0.05) is 30.3 Å². The number of esters is 2. The Morgan fingerprint density at radius 3 is 2.36 bits per heavy atom. The van der Waals surface area contributed by atoms with E-state index in [0.29, 0.717) is 12.0 Å². The first kappa shape index (κ1) is 16.3. The van der Waals surface area contributed by atoms with E-state index in [4.69, 9.17) is 9.47 Å². The molecule has 4 nitrogen and oxygen atoms in total. The van der Waals surface area contributed by atoms with Gasteiger partial charge in [-0.25, -0.2) is 0 Å². The molecule has 0 aromatic heterocycles. The summed E-state index contributed by atoms with van der Waals surface area (Å²) in [6.07, 6.45) is 2.90. The Bertz CT molecular complexity index is 558. The summed E-state index contributed by atoms with van der Waals surface area (Å²) in [5, 5.41) is 0. The molecular formula is C18H22O4. The molecule has 0 saturated carbocycles. The zero-order valence-electron chi connectivity index (χ0n) is 13.1. The van der Waals surface area contributed by atoms with Crippen molar-refractivity contribution < 1.29 is 19.1 Å². The number of allylic oxidation sites excluding steroid dienone is 1. The Kier molecular flexibility index (Phi) is 5.01. The van der Waals surface area contributed by atoms with Crippen LogP contribution < -0.4 is 0 Å². The highest BCUT2D eigenvalue weighted by atomic mass is 16.6. The van der Waals surface area contributed by atoms with Crippen molar-refractivity contribution >= 4 is 11.9 Å². The predicted octanol–water partition coefficient (Wildman–Crippen LogP) is 2.80. The first-order valence-electron chi connectivity index (χ1n) is 7.65. The Labute approximate surface area is 131 Å². The summed E-state index contributed by atoms with van der Waals surface area (Å²) in [4.78, 5) is 25.4. The van der Waals surface area contributed by atoms with Crippen LogP contribution in [0.15, 0.2) is 36.9 Å². The molecule has 22 heavy (non-hydrogen) atoms. The normalized spacial score (nSPS) is 18.9. The van der Waals surface area contributed by atoms with Gasteiger partial charge >= 0.3 is 11.9 Å². The largest absolute Gasteiger partial charge is 0.465 e. The highest BCUT2D eigenvalue weighted by Crippen LogP contribution is 2.42. The average molecular weight is 302 g/mol. The number of carbonyl (C=O) groups is 2. The molecule has 0 radical (unpaired) electrons. The number of hydrogen-bond donors (Lipinski definition) is 0. The third-order valence-corrected chi connectivity index (χ3v) is 4.11. The van der Waals surface area contributed by atoms with Gasteiger partial charge in [-0.2, -0.15) is 0 Å². The van der Waals surface area contributed by atoms with Crippen LogP contribution in [0, 0.1) is 5.92 Å². The van der Waals surface area contributed by atoms with Gasteiger partial charge in [0.1, 0.15) is 0 Å². The number of rotatable bonds is 5. The molecule has 0 aliphatic heterocycles. The Hall–Kier alpha value is -2.10. The Morgan fingerprint density at radius 2 is 1.82 bits per heavy atom. The zero-order valence-corrected chi connectivity index (χ0v) is 13.1. The molecule has 0 N–H and O–H groups in total. The third-order valence-electron chi connectivity index (χ3n) is 4.11. The minimum Gasteiger partial charge on any atom is -0.465 e. The van der Waals surface area contributed by atoms with E-state index >= 15 is 0 Å². The van der Waals surface area contributed by atoms with Crippen molar-refractivity contribution in [1.29, 1.82) is 0 Å². The second kappa shape index (κ2) is 6.77. The molecule has 4 heteroatoms. The maximum absolute atomic E-state index is 12.7. The van der Waals surface area contributed by atoms with Gasteiger partial charge in [0, 0.05) is 0 Å². The molecular weight excluding hydrogens is 280 g/mol. The van der Waals surface area contributed by atoms with Crippen molar-refractivity contribution in [2.24, 2.45) is 5.92 Å². The lowest BCUT2D eigenvalue weighted by Crippen LogP contribution is -2.50. The van der Waals surface area contributed by atoms with Gasteiger partial charge in [-0.05, 0) is 43.7 Å². The van der Waals surface area contributed by atoms with Gasteiger partial charge in [0.25, 0.3) is 0 Å². The van der Waals surface area contributed by atoms with Crippen molar-refractivity contribution in [3.63, 3.8) is 0 Å². The molecule has 0 bridgehead atoms. The number of benzene rings is 1. The maximum Gasteiger partial charge on any atom is 0.328 e. The van der Waals surface area contributed by atoms with Gasteiger partial charge in [0.05, 0.1) is 13.2 Å². The lowest BCUT2D eigenvalue weighted by atomic mass is 9.66. The lowest BCUT2D eigenvalue weighted by Gasteiger charge is -2.37. The fourth-order valence-electron chi connectivity index (χ4n) is 3.12. The highest BCUT2D eigenvalue weighted by molar-refractivity contribution is 6.07. The van der Waals surface area contributed by atoms with Crippen LogP contribution in [0.3, 0.4) is 0 Å². The Morgan fingerprint density at radius 1 is 1.23 bits per heavy atom. The number of carbonyl (C=O) groups excluding carboxylic acids is 2. The van der Waals surface area contributed by atoms with Gasteiger partial charge < -0.3 is 9.47 Å². The summed E-state index contributed by atoms with van der Waals surface area (Å²) >= 11 is 0.